The predicted molar refractivity (Wildman–Crippen MR) is 96.3 cm³/mol. The molecule has 0 amide bonds. The minimum Gasteiger partial charge on any atom is -0.388 e. The van der Waals surface area contributed by atoms with E-state index in [4.69, 9.17) is 5.11 Å². The summed E-state index contributed by atoms with van der Waals surface area (Å²) in [7, 11) is 0. The van der Waals surface area contributed by atoms with E-state index in [0.29, 0.717) is 5.56 Å². The van der Waals surface area contributed by atoms with Crippen molar-refractivity contribution in [1.82, 2.24) is 9.97 Å². The number of hydrogen-bond acceptors (Lipinski definition) is 4. The highest BCUT2D eigenvalue weighted by atomic mass is 32.1. The van der Waals surface area contributed by atoms with Crippen molar-refractivity contribution in [3.05, 3.63) is 66.2 Å². The number of carbonyl (C=O) groups excluding carboxylic acids is 1. The number of aliphatic hydroxyl groups excluding tert-OH is 1. The number of hydrogen-bond donors (Lipinski definition) is 2. The van der Waals surface area contributed by atoms with E-state index < -0.39 is 6.61 Å². The highest BCUT2D eigenvalue weighted by molar-refractivity contribution is 7.18. The number of benzene rings is 2. The molecule has 0 atom stereocenters. The van der Waals surface area contributed by atoms with Crippen LogP contribution in [-0.4, -0.2) is 27.5 Å². The zero-order valence-electron chi connectivity index (χ0n) is 12.7. The van der Waals surface area contributed by atoms with Gasteiger partial charge in [-0.1, -0.05) is 30.3 Å². The molecule has 118 valence electrons. The van der Waals surface area contributed by atoms with Crippen LogP contribution in [0.4, 0.5) is 0 Å². The molecule has 5 heteroatoms. The molecule has 0 radical (unpaired) electrons. The Balaban J connectivity index is 1.72. The molecule has 2 heterocycles. The maximum absolute atomic E-state index is 11.6. The quantitative estimate of drug-likeness (QED) is 0.551. The number of carbonyl (C=O) groups is 1. The first-order valence-electron chi connectivity index (χ1n) is 7.54. The molecular weight excluding hydrogens is 320 g/mol. The number of aromatic nitrogens is 2. The van der Waals surface area contributed by atoms with E-state index >= 15 is 0 Å². The van der Waals surface area contributed by atoms with E-state index in [2.05, 4.69) is 28.2 Å². The summed E-state index contributed by atoms with van der Waals surface area (Å²) in [6, 6.07) is 19.6. The summed E-state index contributed by atoms with van der Waals surface area (Å²) in [6.07, 6.45) is 0. The Labute approximate surface area is 142 Å². The molecule has 4 rings (SSSR count). The molecule has 0 aliphatic rings. The molecule has 4 aromatic rings. The van der Waals surface area contributed by atoms with Gasteiger partial charge >= 0.3 is 0 Å². The van der Waals surface area contributed by atoms with Crippen LogP contribution in [0, 0.1) is 0 Å². The van der Waals surface area contributed by atoms with Crippen LogP contribution >= 0.6 is 11.3 Å². The van der Waals surface area contributed by atoms with Crippen molar-refractivity contribution >= 4 is 28.2 Å². The number of aliphatic hydroxyl groups is 1. The molecule has 2 aromatic carbocycles. The second kappa shape index (κ2) is 6.03. The van der Waals surface area contributed by atoms with Crippen LogP contribution in [-0.2, 0) is 0 Å². The lowest BCUT2D eigenvalue weighted by atomic mass is 10.1. The van der Waals surface area contributed by atoms with Gasteiger partial charge in [-0.15, -0.1) is 11.3 Å². The minimum atomic E-state index is -0.488. The highest BCUT2D eigenvalue weighted by Crippen LogP contribution is 2.33. The predicted octanol–water partition coefficient (Wildman–Crippen LogP) is 4.13. The number of fused-ring (bicyclic) bond motifs is 1. The van der Waals surface area contributed by atoms with E-state index in [1.54, 1.807) is 29.5 Å². The summed E-state index contributed by atoms with van der Waals surface area (Å²) in [5.41, 5.74) is 3.25. The number of rotatable bonds is 4. The number of thiophene rings is 1. The number of ketones is 1. The lowest BCUT2D eigenvalue weighted by Crippen LogP contribution is -2.03. The molecule has 0 bridgehead atoms. The van der Waals surface area contributed by atoms with Gasteiger partial charge in [0.1, 0.15) is 12.4 Å². The van der Waals surface area contributed by atoms with Gasteiger partial charge in [-0.3, -0.25) is 4.79 Å². The fourth-order valence-corrected chi connectivity index (χ4v) is 3.57. The maximum Gasteiger partial charge on any atom is 0.188 e. The number of nitrogens with one attached hydrogen (secondary N) is 1. The van der Waals surface area contributed by atoms with Crippen LogP contribution in [0.15, 0.2) is 60.7 Å². The topological polar surface area (TPSA) is 66.0 Å². The van der Waals surface area contributed by atoms with Crippen molar-refractivity contribution in [3.63, 3.8) is 0 Å². The summed E-state index contributed by atoms with van der Waals surface area (Å²) >= 11 is 1.67. The Morgan fingerprint density at radius 3 is 2.62 bits per heavy atom. The van der Waals surface area contributed by atoms with E-state index in [1.165, 1.54) is 10.4 Å². The maximum atomic E-state index is 11.6. The van der Waals surface area contributed by atoms with Gasteiger partial charge in [0.05, 0.1) is 15.9 Å². The fraction of sp³-hybridized carbons (Fsp3) is 0.0526. The standard InChI is InChI=1S/C19H14N2O2S/c22-11-16(23)13-6-7-14-15(10-13)21-19(20-14)18-9-8-17(24-18)12-4-2-1-3-5-12/h1-10,22H,11H2,(H,20,21). The van der Waals surface area contributed by atoms with Crippen LogP contribution in [0.5, 0.6) is 0 Å². The second-order valence-corrected chi connectivity index (χ2v) is 6.51. The van der Waals surface area contributed by atoms with Gasteiger partial charge in [-0.25, -0.2) is 4.98 Å². The van der Waals surface area contributed by atoms with Gasteiger partial charge in [-0.05, 0) is 35.9 Å². The first kappa shape index (κ1) is 14.8. The first-order valence-corrected chi connectivity index (χ1v) is 8.36. The zero-order chi connectivity index (χ0) is 16.5. The third-order valence-electron chi connectivity index (χ3n) is 3.85. The largest absolute Gasteiger partial charge is 0.388 e. The van der Waals surface area contributed by atoms with Crippen molar-refractivity contribution in [2.45, 2.75) is 0 Å². The molecule has 24 heavy (non-hydrogen) atoms. The average Bonchev–Trinajstić information content (AvgIpc) is 3.27. The Morgan fingerprint density at radius 1 is 1.04 bits per heavy atom. The summed E-state index contributed by atoms with van der Waals surface area (Å²) in [6.45, 7) is -0.488. The Kier molecular flexibility index (Phi) is 3.72. The summed E-state index contributed by atoms with van der Waals surface area (Å²) in [5.74, 6) is 0.487. The minimum absolute atomic E-state index is 0.296. The molecule has 0 aliphatic carbocycles. The molecule has 0 aliphatic heterocycles. The summed E-state index contributed by atoms with van der Waals surface area (Å²) < 4.78 is 0. The Hall–Kier alpha value is -2.76. The molecule has 0 spiro atoms. The van der Waals surface area contributed by atoms with E-state index in [1.807, 2.05) is 24.3 Å². The summed E-state index contributed by atoms with van der Waals surface area (Å²) in [5, 5.41) is 8.98. The number of imidazole rings is 1. The van der Waals surface area contributed by atoms with Gasteiger partial charge < -0.3 is 10.1 Å². The number of aromatic amines is 1. The van der Waals surface area contributed by atoms with Gasteiger partial charge in [0.2, 0.25) is 0 Å². The normalized spacial score (nSPS) is 11.0. The number of Topliss-reactive ketones (excluding diaryl/α,β-unsaturated/α-hetero) is 1. The average molecular weight is 334 g/mol. The molecule has 0 fully saturated rings. The highest BCUT2D eigenvalue weighted by Gasteiger charge is 2.11. The van der Waals surface area contributed by atoms with Crippen molar-refractivity contribution in [1.29, 1.82) is 0 Å². The number of H-pyrrole nitrogens is 1. The Bertz CT molecular complexity index is 1020. The fourth-order valence-electron chi connectivity index (χ4n) is 2.61. The monoisotopic (exact) mass is 334 g/mol. The van der Waals surface area contributed by atoms with Crippen molar-refractivity contribution in [2.24, 2.45) is 0 Å². The lowest BCUT2D eigenvalue weighted by molar-refractivity contribution is 0.0904. The van der Waals surface area contributed by atoms with Crippen LogP contribution in [0.1, 0.15) is 10.4 Å². The van der Waals surface area contributed by atoms with Crippen molar-refractivity contribution in [3.8, 4) is 21.1 Å². The van der Waals surface area contributed by atoms with Crippen molar-refractivity contribution < 1.29 is 9.90 Å². The van der Waals surface area contributed by atoms with Gasteiger partial charge in [-0.2, -0.15) is 0 Å². The third-order valence-corrected chi connectivity index (χ3v) is 4.99. The Morgan fingerprint density at radius 2 is 1.83 bits per heavy atom. The lowest BCUT2D eigenvalue weighted by Gasteiger charge is -1.96. The zero-order valence-corrected chi connectivity index (χ0v) is 13.5. The van der Waals surface area contributed by atoms with Crippen LogP contribution < -0.4 is 0 Å². The summed E-state index contributed by atoms with van der Waals surface area (Å²) in [4.78, 5) is 21.7. The number of nitrogens with zero attached hydrogens (tertiary/aromatic N) is 1. The van der Waals surface area contributed by atoms with Crippen LogP contribution in [0.25, 0.3) is 32.2 Å². The van der Waals surface area contributed by atoms with E-state index in [0.717, 1.165) is 21.7 Å². The smallest absolute Gasteiger partial charge is 0.188 e. The molecule has 4 nitrogen and oxygen atoms in total. The first-order chi connectivity index (χ1) is 11.7. The molecule has 0 saturated heterocycles. The van der Waals surface area contributed by atoms with Gasteiger partial charge in [0, 0.05) is 10.4 Å². The molecule has 2 N–H and O–H groups in total. The molecule has 0 saturated carbocycles. The van der Waals surface area contributed by atoms with E-state index in [9.17, 15) is 4.79 Å². The SMILES string of the molecule is O=C(CO)c1ccc2nc(-c3ccc(-c4ccccc4)s3)[nH]c2c1. The van der Waals surface area contributed by atoms with Gasteiger partial charge in [0.15, 0.2) is 5.78 Å². The van der Waals surface area contributed by atoms with Crippen LogP contribution in [0.3, 0.4) is 0 Å². The van der Waals surface area contributed by atoms with Crippen molar-refractivity contribution in [2.75, 3.05) is 6.61 Å². The second-order valence-electron chi connectivity index (χ2n) is 5.43. The molecule has 2 aromatic heterocycles. The molecular formula is C19H14N2O2S. The van der Waals surface area contributed by atoms with Gasteiger partial charge in [0.25, 0.3) is 0 Å². The third kappa shape index (κ3) is 2.64. The van der Waals surface area contributed by atoms with E-state index in [-0.39, 0.29) is 5.78 Å². The van der Waals surface area contributed by atoms with Crippen LogP contribution in [0.2, 0.25) is 0 Å². The molecule has 0 unspecified atom stereocenters.